The number of hydrogen-bond acceptors (Lipinski definition) is 4. The van der Waals surface area contributed by atoms with E-state index in [1.807, 2.05) is 0 Å². The minimum atomic E-state index is -0.329. The van der Waals surface area contributed by atoms with Gasteiger partial charge in [-0.25, -0.2) is 4.79 Å². The van der Waals surface area contributed by atoms with Crippen molar-refractivity contribution >= 4 is 33.2 Å². The van der Waals surface area contributed by atoms with Crippen molar-refractivity contribution in [3.63, 3.8) is 0 Å². The van der Waals surface area contributed by atoms with E-state index in [2.05, 4.69) is 31.8 Å². The SMILES string of the molecule is CCOC(=O)c1sc2[nH+]c3c(cc2c1N)CC(C(C)(C)C)CC3. The smallest absolute Gasteiger partial charge is 0.350 e. The molecule has 3 rings (SSSR count). The van der Waals surface area contributed by atoms with Crippen LogP contribution >= 0.6 is 11.3 Å². The number of esters is 1. The number of aromatic amines is 1. The Morgan fingerprint density at radius 2 is 2.22 bits per heavy atom. The van der Waals surface area contributed by atoms with Gasteiger partial charge in [0.15, 0.2) is 5.69 Å². The Bertz CT molecular complexity index is 758. The van der Waals surface area contributed by atoms with Crippen LogP contribution in [-0.2, 0) is 17.6 Å². The molecule has 1 unspecified atom stereocenters. The lowest BCUT2D eigenvalue weighted by Gasteiger charge is -2.33. The fourth-order valence-corrected chi connectivity index (χ4v) is 4.37. The van der Waals surface area contributed by atoms with Crippen LogP contribution in [0.2, 0.25) is 0 Å². The number of aromatic nitrogens is 1. The monoisotopic (exact) mass is 333 g/mol. The Hall–Kier alpha value is -1.62. The van der Waals surface area contributed by atoms with Crippen LogP contribution in [0, 0.1) is 11.3 Å². The molecule has 23 heavy (non-hydrogen) atoms. The van der Waals surface area contributed by atoms with Crippen LogP contribution in [-0.4, -0.2) is 12.6 Å². The molecule has 2 aromatic rings. The Kier molecular flexibility index (Phi) is 4.08. The predicted octanol–water partition coefficient (Wildman–Crippen LogP) is 3.63. The number of pyridine rings is 1. The summed E-state index contributed by atoms with van der Waals surface area (Å²) in [5.74, 6) is 0.343. The number of nitrogen functional groups attached to an aromatic ring is 1. The van der Waals surface area contributed by atoms with Gasteiger partial charge in [0.25, 0.3) is 4.83 Å². The minimum absolute atomic E-state index is 0.308. The summed E-state index contributed by atoms with van der Waals surface area (Å²) in [6.45, 7) is 9.09. The van der Waals surface area contributed by atoms with E-state index in [1.54, 1.807) is 6.92 Å². The summed E-state index contributed by atoms with van der Waals surface area (Å²) in [5.41, 5.74) is 9.69. The van der Waals surface area contributed by atoms with Gasteiger partial charge in [0.1, 0.15) is 4.88 Å². The third-order valence-corrected chi connectivity index (χ3v) is 5.97. The largest absolute Gasteiger partial charge is 0.462 e. The molecule has 0 bridgehead atoms. The molecule has 0 aromatic carbocycles. The van der Waals surface area contributed by atoms with Crippen molar-refractivity contribution in [2.75, 3.05) is 12.3 Å². The van der Waals surface area contributed by atoms with Crippen molar-refractivity contribution < 1.29 is 14.5 Å². The molecule has 2 heterocycles. The van der Waals surface area contributed by atoms with Gasteiger partial charge in [-0.05, 0) is 37.2 Å². The number of anilines is 1. The second-order valence-electron chi connectivity index (χ2n) is 7.39. The molecule has 0 spiro atoms. The second-order valence-corrected chi connectivity index (χ2v) is 8.41. The maximum atomic E-state index is 12.0. The summed E-state index contributed by atoms with van der Waals surface area (Å²) >= 11 is 1.40. The molecule has 1 atom stereocenters. The van der Waals surface area contributed by atoms with Gasteiger partial charge in [-0.2, -0.15) is 4.98 Å². The molecule has 0 saturated carbocycles. The van der Waals surface area contributed by atoms with Crippen molar-refractivity contribution in [2.45, 2.75) is 47.0 Å². The molecule has 1 aliphatic carbocycles. The lowest BCUT2D eigenvalue weighted by molar-refractivity contribution is -0.357. The molecular formula is C18H25N2O2S+. The van der Waals surface area contributed by atoms with E-state index in [-0.39, 0.29) is 5.97 Å². The van der Waals surface area contributed by atoms with Crippen LogP contribution in [0.4, 0.5) is 5.69 Å². The first kappa shape index (κ1) is 16.2. The maximum Gasteiger partial charge on any atom is 0.350 e. The van der Waals surface area contributed by atoms with Crippen LogP contribution in [0.15, 0.2) is 6.07 Å². The van der Waals surface area contributed by atoms with Crippen molar-refractivity contribution in [1.29, 1.82) is 0 Å². The first-order valence-corrected chi connectivity index (χ1v) is 9.06. The normalized spacial score (nSPS) is 18.0. The number of ether oxygens (including phenoxy) is 1. The number of rotatable bonds is 2. The number of fused-ring (bicyclic) bond motifs is 2. The standard InChI is InChI=1S/C18H24N2O2S/c1-5-22-17(21)15-14(19)12-9-10-8-11(18(2,3)4)6-7-13(10)20-16(12)23-15/h9,11H,5-8,19H2,1-4H3/p+1. The van der Waals surface area contributed by atoms with Gasteiger partial charge < -0.3 is 10.5 Å². The zero-order chi connectivity index (χ0) is 16.8. The van der Waals surface area contributed by atoms with Crippen molar-refractivity contribution in [3.05, 3.63) is 22.2 Å². The van der Waals surface area contributed by atoms with Crippen LogP contribution < -0.4 is 10.7 Å². The fraction of sp³-hybridized carbons (Fsp3) is 0.556. The molecule has 0 fully saturated rings. The molecular weight excluding hydrogens is 308 g/mol. The first-order valence-electron chi connectivity index (χ1n) is 8.24. The zero-order valence-corrected chi connectivity index (χ0v) is 15.1. The summed E-state index contributed by atoms with van der Waals surface area (Å²) in [7, 11) is 0. The Labute approximate surface area is 141 Å². The first-order chi connectivity index (χ1) is 10.8. The molecule has 0 saturated heterocycles. The Morgan fingerprint density at radius 1 is 1.48 bits per heavy atom. The van der Waals surface area contributed by atoms with Crippen LogP contribution in [0.1, 0.15) is 55.0 Å². The Morgan fingerprint density at radius 3 is 2.87 bits per heavy atom. The summed E-state index contributed by atoms with van der Waals surface area (Å²) in [6, 6.07) is 2.17. The predicted molar refractivity (Wildman–Crippen MR) is 93.7 cm³/mol. The third-order valence-electron chi connectivity index (χ3n) is 4.85. The van der Waals surface area contributed by atoms with Gasteiger partial charge in [0.05, 0.1) is 17.7 Å². The quantitative estimate of drug-likeness (QED) is 0.854. The van der Waals surface area contributed by atoms with Crippen LogP contribution in [0.5, 0.6) is 0 Å². The molecule has 124 valence electrons. The number of hydrogen-bond donors (Lipinski definition) is 1. The number of nitrogens with two attached hydrogens (primary N) is 1. The molecule has 3 N–H and O–H groups in total. The van der Waals surface area contributed by atoms with Crippen LogP contribution in [0.3, 0.4) is 0 Å². The molecule has 0 amide bonds. The van der Waals surface area contributed by atoms with E-state index in [4.69, 9.17) is 10.5 Å². The molecule has 0 radical (unpaired) electrons. The van der Waals surface area contributed by atoms with E-state index >= 15 is 0 Å². The van der Waals surface area contributed by atoms with E-state index < -0.39 is 0 Å². The molecule has 0 aliphatic heterocycles. The van der Waals surface area contributed by atoms with Crippen LogP contribution in [0.25, 0.3) is 10.2 Å². The average Bonchev–Trinajstić information content (AvgIpc) is 2.80. The summed E-state index contributed by atoms with van der Waals surface area (Å²) in [4.78, 5) is 17.0. The highest BCUT2D eigenvalue weighted by atomic mass is 32.1. The summed E-state index contributed by atoms with van der Waals surface area (Å²) < 4.78 is 5.10. The van der Waals surface area contributed by atoms with Gasteiger partial charge in [-0.3, -0.25) is 0 Å². The van der Waals surface area contributed by atoms with Gasteiger partial charge in [0, 0.05) is 12.0 Å². The van der Waals surface area contributed by atoms with Crippen molar-refractivity contribution in [1.82, 2.24) is 0 Å². The van der Waals surface area contributed by atoms with Gasteiger partial charge in [0.2, 0.25) is 0 Å². The number of carbonyl (C=O) groups is 1. The van der Waals surface area contributed by atoms with E-state index in [9.17, 15) is 4.79 Å². The number of H-pyrrole nitrogens is 1. The van der Waals surface area contributed by atoms with Gasteiger partial charge in [-0.15, -0.1) is 0 Å². The van der Waals surface area contributed by atoms with Crippen molar-refractivity contribution in [3.8, 4) is 0 Å². The lowest BCUT2D eigenvalue weighted by atomic mass is 9.71. The zero-order valence-electron chi connectivity index (χ0n) is 14.3. The second kappa shape index (κ2) is 5.78. The van der Waals surface area contributed by atoms with Crippen molar-refractivity contribution in [2.24, 2.45) is 11.3 Å². The summed E-state index contributed by atoms with van der Waals surface area (Å²) in [6.07, 6.45) is 3.32. The topological polar surface area (TPSA) is 66.5 Å². The number of aryl methyl sites for hydroxylation is 1. The maximum absolute atomic E-state index is 12.0. The number of nitrogens with one attached hydrogen (secondary N) is 1. The molecule has 2 aromatic heterocycles. The third kappa shape index (κ3) is 2.94. The molecule has 1 aliphatic rings. The Balaban J connectivity index is 2.02. The molecule has 4 nitrogen and oxygen atoms in total. The van der Waals surface area contributed by atoms with E-state index in [0.29, 0.717) is 28.5 Å². The minimum Gasteiger partial charge on any atom is -0.462 e. The fourth-order valence-electron chi connectivity index (χ4n) is 3.35. The van der Waals surface area contributed by atoms with E-state index in [1.165, 1.54) is 29.0 Å². The van der Waals surface area contributed by atoms with Gasteiger partial charge >= 0.3 is 5.97 Å². The highest BCUT2D eigenvalue weighted by Gasteiger charge is 2.32. The van der Waals surface area contributed by atoms with Gasteiger partial charge in [-0.1, -0.05) is 32.1 Å². The average molecular weight is 333 g/mol. The highest BCUT2D eigenvalue weighted by molar-refractivity contribution is 7.20. The van der Waals surface area contributed by atoms with E-state index in [0.717, 1.165) is 23.1 Å². The number of carbonyl (C=O) groups excluding carboxylic acids is 1. The molecule has 5 heteroatoms. The lowest BCUT2D eigenvalue weighted by Crippen LogP contribution is -2.30. The number of thiophene rings is 1. The summed E-state index contributed by atoms with van der Waals surface area (Å²) in [5, 5.41) is 0.950. The highest BCUT2D eigenvalue weighted by Crippen LogP contribution is 2.39.